The number of nitrogens with two attached hydrogens (primary N) is 1. The van der Waals surface area contributed by atoms with Crippen LogP contribution in [0.25, 0.3) is 0 Å². The van der Waals surface area contributed by atoms with E-state index >= 15 is 0 Å². The van der Waals surface area contributed by atoms with E-state index in [1.54, 1.807) is 0 Å². The fourth-order valence-electron chi connectivity index (χ4n) is 5.15. The molecule has 7 heteroatoms. The number of esters is 1. The quantitative estimate of drug-likeness (QED) is 0.183. The highest BCUT2D eigenvalue weighted by atomic mass is 16.5. The third-order valence-electron chi connectivity index (χ3n) is 7.53. The molecule has 204 valence electrons. The number of unbranched alkanes of at least 4 members (excludes halogenated alkanes) is 4. The van der Waals surface area contributed by atoms with E-state index in [1.165, 1.54) is 19.3 Å². The lowest BCUT2D eigenvalue weighted by Crippen LogP contribution is -2.32. The van der Waals surface area contributed by atoms with Crippen LogP contribution in [0.15, 0.2) is 47.6 Å². The van der Waals surface area contributed by atoms with Crippen molar-refractivity contribution in [1.82, 2.24) is 5.01 Å². The minimum Gasteiger partial charge on any atom is -0.466 e. The number of morpholine rings is 1. The molecule has 2 aromatic carbocycles. The zero-order valence-electron chi connectivity index (χ0n) is 22.6. The smallest absolute Gasteiger partial charge is 0.306 e. The van der Waals surface area contributed by atoms with E-state index in [-0.39, 0.29) is 23.7 Å². The average molecular weight is 520 g/mol. The van der Waals surface area contributed by atoms with Crippen LogP contribution >= 0.6 is 0 Å². The van der Waals surface area contributed by atoms with Crippen LogP contribution in [0.4, 0.5) is 0 Å². The number of nitrogens with zero attached hydrogens (tertiary/aromatic N) is 2. The number of rotatable bonds is 12. The highest BCUT2D eigenvalue weighted by Crippen LogP contribution is 2.36. The summed E-state index contributed by atoms with van der Waals surface area (Å²) in [6, 6.07) is 13.0. The second kappa shape index (κ2) is 14.2. The molecule has 0 bridgehead atoms. The molecule has 0 aromatic heterocycles. The van der Waals surface area contributed by atoms with Crippen molar-refractivity contribution in [3.8, 4) is 0 Å². The van der Waals surface area contributed by atoms with Gasteiger partial charge in [-0.2, -0.15) is 5.10 Å². The van der Waals surface area contributed by atoms with Gasteiger partial charge >= 0.3 is 5.97 Å². The van der Waals surface area contributed by atoms with Gasteiger partial charge in [0, 0.05) is 17.2 Å². The Morgan fingerprint density at radius 3 is 2.55 bits per heavy atom. The maximum absolute atomic E-state index is 13.3. The largest absolute Gasteiger partial charge is 0.466 e. The number of hydrazone groups is 1. The summed E-state index contributed by atoms with van der Waals surface area (Å²) in [7, 11) is 0. The van der Waals surface area contributed by atoms with Gasteiger partial charge in [-0.25, -0.2) is 0 Å². The summed E-state index contributed by atoms with van der Waals surface area (Å²) >= 11 is 0. The van der Waals surface area contributed by atoms with Gasteiger partial charge in [0.1, 0.15) is 0 Å². The topological polar surface area (TPSA) is 94.2 Å². The van der Waals surface area contributed by atoms with Gasteiger partial charge in [-0.05, 0) is 47.9 Å². The highest BCUT2D eigenvalue weighted by Gasteiger charge is 2.29. The summed E-state index contributed by atoms with van der Waals surface area (Å²) in [4.78, 5) is 25.7. The number of ether oxygens (including phenoxy) is 2. The molecule has 2 atom stereocenters. The molecule has 7 nitrogen and oxygen atoms in total. The van der Waals surface area contributed by atoms with Crippen molar-refractivity contribution in [2.24, 2.45) is 16.8 Å². The zero-order chi connectivity index (χ0) is 26.7. The molecule has 1 fully saturated rings. The van der Waals surface area contributed by atoms with Crippen molar-refractivity contribution < 1.29 is 19.1 Å². The Morgan fingerprint density at radius 2 is 1.79 bits per heavy atom. The Kier molecular flexibility index (Phi) is 10.5. The molecule has 0 saturated carbocycles. The molecule has 0 amide bonds. The molecule has 0 spiro atoms. The predicted molar refractivity (Wildman–Crippen MR) is 149 cm³/mol. The highest BCUT2D eigenvalue weighted by molar-refractivity contribution is 6.09. The summed E-state index contributed by atoms with van der Waals surface area (Å²) in [5, 5.41) is 6.48. The van der Waals surface area contributed by atoms with Gasteiger partial charge in [0.25, 0.3) is 0 Å². The number of aryl methyl sites for hydroxylation is 1. The first-order valence-electron chi connectivity index (χ1n) is 14.1. The van der Waals surface area contributed by atoms with Crippen molar-refractivity contribution in [2.75, 3.05) is 32.9 Å². The molecule has 2 aromatic rings. The van der Waals surface area contributed by atoms with Crippen LogP contribution in [0.2, 0.25) is 0 Å². The van der Waals surface area contributed by atoms with E-state index in [4.69, 9.17) is 15.2 Å². The van der Waals surface area contributed by atoms with E-state index in [9.17, 15) is 9.59 Å². The maximum Gasteiger partial charge on any atom is 0.306 e. The van der Waals surface area contributed by atoms with Crippen molar-refractivity contribution in [3.63, 3.8) is 0 Å². The van der Waals surface area contributed by atoms with Gasteiger partial charge in [0.15, 0.2) is 5.78 Å². The molecule has 4 rings (SSSR count). The molecule has 2 aliphatic rings. The second-order valence-corrected chi connectivity index (χ2v) is 10.3. The molecule has 1 saturated heterocycles. The van der Waals surface area contributed by atoms with Crippen molar-refractivity contribution in [2.45, 2.75) is 64.3 Å². The van der Waals surface area contributed by atoms with E-state index in [1.807, 2.05) is 53.7 Å². The summed E-state index contributed by atoms with van der Waals surface area (Å²) < 4.78 is 10.8. The van der Waals surface area contributed by atoms with Gasteiger partial charge in [0.05, 0.1) is 45.5 Å². The molecule has 38 heavy (non-hydrogen) atoms. The molecule has 1 aliphatic heterocycles. The van der Waals surface area contributed by atoms with Gasteiger partial charge in [-0.15, -0.1) is 0 Å². The number of benzene rings is 2. The summed E-state index contributed by atoms with van der Waals surface area (Å²) in [5.41, 5.74) is 10.9. The lowest BCUT2D eigenvalue weighted by Gasteiger charge is -2.31. The number of fused-ring (bicyclic) bond motifs is 1. The summed E-state index contributed by atoms with van der Waals surface area (Å²) in [6.07, 6.45) is 9.46. The van der Waals surface area contributed by atoms with E-state index < -0.39 is 0 Å². The Labute approximate surface area is 226 Å². The van der Waals surface area contributed by atoms with Gasteiger partial charge < -0.3 is 15.2 Å². The third-order valence-corrected chi connectivity index (χ3v) is 7.53. The minimum absolute atomic E-state index is 0.0190. The van der Waals surface area contributed by atoms with Crippen LogP contribution in [-0.4, -0.2) is 55.9 Å². The number of ketones is 1. The first-order chi connectivity index (χ1) is 18.5. The maximum atomic E-state index is 13.3. The van der Waals surface area contributed by atoms with E-state index in [2.05, 4.69) is 12.0 Å². The number of carbonyl (C=O) groups excluding carboxylic acids is 2. The summed E-state index contributed by atoms with van der Waals surface area (Å²) in [5.74, 6) is -0.194. The Hall–Kier alpha value is -3.03. The fourth-order valence-corrected chi connectivity index (χ4v) is 5.15. The third kappa shape index (κ3) is 7.74. The standard InChI is InChI=1S/C31H41N3O4/c1-2-3-4-5-6-17-38-29(35)21-26-13-11-24-12-14-27(20-28(24)30(26)32)31(36)25-9-7-23(8-10-25)22-33-34-15-18-37-19-16-34/h7-10,12,14,20,22,26,30H,2-6,11,13,15-19,21,32H2,1H3. The number of hydrogen-bond donors (Lipinski definition) is 1. The molecular weight excluding hydrogens is 478 g/mol. The molecule has 2 unspecified atom stereocenters. The first kappa shape index (κ1) is 28.0. The minimum atomic E-state index is -0.289. The Morgan fingerprint density at radius 1 is 1.05 bits per heavy atom. The zero-order valence-corrected chi connectivity index (χ0v) is 22.6. The lowest BCUT2D eigenvalue weighted by atomic mass is 9.77. The van der Waals surface area contributed by atoms with Crippen LogP contribution in [0.3, 0.4) is 0 Å². The van der Waals surface area contributed by atoms with Gasteiger partial charge in [-0.1, -0.05) is 69.0 Å². The van der Waals surface area contributed by atoms with Crippen LogP contribution in [0.5, 0.6) is 0 Å². The van der Waals surface area contributed by atoms with Gasteiger partial charge in [-0.3, -0.25) is 14.6 Å². The predicted octanol–water partition coefficient (Wildman–Crippen LogP) is 5.05. The normalized spacial score (nSPS) is 19.4. The average Bonchev–Trinajstić information content (AvgIpc) is 2.95. The SMILES string of the molecule is CCCCCCCOC(=O)CC1CCc2ccc(C(=O)c3ccc(C=NN4CCOCC4)cc3)cc2C1N. The Bertz CT molecular complexity index is 1090. The summed E-state index contributed by atoms with van der Waals surface area (Å²) in [6.45, 7) is 5.63. The van der Waals surface area contributed by atoms with E-state index in [0.717, 1.165) is 55.5 Å². The second-order valence-electron chi connectivity index (χ2n) is 10.3. The van der Waals surface area contributed by atoms with Crippen molar-refractivity contribution >= 4 is 18.0 Å². The molecule has 1 heterocycles. The monoisotopic (exact) mass is 519 g/mol. The Balaban J connectivity index is 1.33. The van der Waals surface area contributed by atoms with Gasteiger partial charge in [0.2, 0.25) is 0 Å². The number of hydrogen-bond acceptors (Lipinski definition) is 7. The van der Waals surface area contributed by atoms with Crippen LogP contribution in [0.1, 0.15) is 90.5 Å². The lowest BCUT2D eigenvalue weighted by molar-refractivity contribution is -0.145. The molecule has 0 radical (unpaired) electrons. The molecular formula is C31H41N3O4. The van der Waals surface area contributed by atoms with Crippen molar-refractivity contribution in [1.29, 1.82) is 0 Å². The van der Waals surface area contributed by atoms with Crippen LogP contribution in [0, 0.1) is 5.92 Å². The van der Waals surface area contributed by atoms with Crippen LogP contribution in [-0.2, 0) is 20.7 Å². The molecule has 1 aliphatic carbocycles. The fraction of sp³-hybridized carbons (Fsp3) is 0.516. The number of carbonyl (C=O) groups is 2. The van der Waals surface area contributed by atoms with E-state index in [0.29, 0.717) is 37.4 Å². The van der Waals surface area contributed by atoms with Crippen LogP contribution < -0.4 is 5.73 Å². The molecule has 2 N–H and O–H groups in total. The first-order valence-corrected chi connectivity index (χ1v) is 14.1. The van der Waals surface area contributed by atoms with Crippen molar-refractivity contribution in [3.05, 3.63) is 70.3 Å².